The van der Waals surface area contributed by atoms with Crippen LogP contribution < -0.4 is 10.4 Å². The Bertz CT molecular complexity index is 697. The number of aliphatic carboxylic acids is 1. The van der Waals surface area contributed by atoms with Crippen LogP contribution in [0.1, 0.15) is 5.56 Å². The van der Waals surface area contributed by atoms with Gasteiger partial charge in [-0.05, 0) is 30.7 Å². The van der Waals surface area contributed by atoms with Gasteiger partial charge in [0, 0.05) is 23.6 Å². The first-order valence-corrected chi connectivity index (χ1v) is 5.63. The van der Waals surface area contributed by atoms with Gasteiger partial charge in [0.25, 0.3) is 0 Å². The molecule has 0 aliphatic rings. The molecule has 98 valence electrons. The van der Waals surface area contributed by atoms with Crippen LogP contribution in [0.25, 0.3) is 11.0 Å². The molecule has 5 heteroatoms. The highest BCUT2D eigenvalue weighted by atomic mass is 16.5. The van der Waals surface area contributed by atoms with Crippen LogP contribution in [0, 0.1) is 6.92 Å². The lowest BCUT2D eigenvalue weighted by Gasteiger charge is -2.05. The van der Waals surface area contributed by atoms with Crippen molar-refractivity contribution in [2.24, 2.45) is 0 Å². The summed E-state index contributed by atoms with van der Waals surface area (Å²) in [5.74, 6) is -0.514. The van der Waals surface area contributed by atoms with Crippen LogP contribution in [0.4, 0.5) is 0 Å². The molecule has 2 rings (SSSR count). The van der Waals surface area contributed by atoms with Crippen molar-refractivity contribution in [3.63, 3.8) is 0 Å². The predicted octanol–water partition coefficient (Wildman–Crippen LogP) is 2.12. The zero-order chi connectivity index (χ0) is 13.8. The summed E-state index contributed by atoms with van der Waals surface area (Å²) in [5.41, 5.74) is 0.876. The molecule has 1 aromatic carbocycles. The standard InChI is InChI=1S/C14H12O5/c1-9-7-14(17)19-12-8-10(4-5-11(9)12)18-6-2-3-13(15)16/h2-5,7-8H,6H2,1H3,(H,15,16)/b3-2+. The van der Waals surface area contributed by atoms with Gasteiger partial charge in [0.2, 0.25) is 0 Å². The van der Waals surface area contributed by atoms with Crippen molar-refractivity contribution < 1.29 is 19.1 Å². The summed E-state index contributed by atoms with van der Waals surface area (Å²) < 4.78 is 10.4. The number of carboxylic acid groups (broad SMARTS) is 1. The van der Waals surface area contributed by atoms with Crippen molar-refractivity contribution in [2.75, 3.05) is 6.61 Å². The van der Waals surface area contributed by atoms with Crippen molar-refractivity contribution >= 4 is 16.9 Å². The second kappa shape index (κ2) is 5.39. The zero-order valence-corrected chi connectivity index (χ0v) is 10.3. The Labute approximate surface area is 108 Å². The fourth-order valence-electron chi connectivity index (χ4n) is 1.69. The van der Waals surface area contributed by atoms with Crippen LogP contribution in [0.3, 0.4) is 0 Å². The van der Waals surface area contributed by atoms with Gasteiger partial charge in [0.05, 0.1) is 0 Å². The van der Waals surface area contributed by atoms with Gasteiger partial charge < -0.3 is 14.3 Å². The molecule has 0 aliphatic carbocycles. The van der Waals surface area contributed by atoms with E-state index in [1.165, 1.54) is 12.1 Å². The summed E-state index contributed by atoms with van der Waals surface area (Å²) in [7, 11) is 0. The van der Waals surface area contributed by atoms with Gasteiger partial charge in [0.15, 0.2) is 0 Å². The van der Waals surface area contributed by atoms with Crippen LogP contribution in [0.15, 0.2) is 45.6 Å². The molecule has 1 aromatic heterocycles. The van der Waals surface area contributed by atoms with E-state index in [0.717, 1.165) is 17.0 Å². The molecular formula is C14H12O5. The van der Waals surface area contributed by atoms with E-state index in [-0.39, 0.29) is 6.61 Å². The van der Waals surface area contributed by atoms with Crippen LogP contribution in [0.2, 0.25) is 0 Å². The van der Waals surface area contributed by atoms with E-state index >= 15 is 0 Å². The highest BCUT2D eigenvalue weighted by Crippen LogP contribution is 2.22. The Morgan fingerprint density at radius 3 is 2.95 bits per heavy atom. The first-order valence-electron chi connectivity index (χ1n) is 5.63. The van der Waals surface area contributed by atoms with Crippen molar-refractivity contribution in [3.05, 3.63) is 52.4 Å². The number of hydrogen-bond donors (Lipinski definition) is 1. The molecule has 0 saturated heterocycles. The maximum Gasteiger partial charge on any atom is 0.336 e. The minimum absolute atomic E-state index is 0.133. The number of carbonyl (C=O) groups is 1. The maximum absolute atomic E-state index is 11.3. The molecule has 2 aromatic rings. The third kappa shape index (κ3) is 3.22. The summed E-state index contributed by atoms with van der Waals surface area (Å²) >= 11 is 0. The van der Waals surface area contributed by atoms with E-state index in [2.05, 4.69) is 0 Å². The van der Waals surface area contributed by atoms with Crippen LogP contribution in [0.5, 0.6) is 5.75 Å². The SMILES string of the molecule is Cc1cc(=O)oc2cc(OC/C=C/C(=O)O)ccc12. The van der Waals surface area contributed by atoms with Crippen molar-refractivity contribution in [3.8, 4) is 5.75 Å². The maximum atomic E-state index is 11.3. The van der Waals surface area contributed by atoms with Crippen LogP contribution in [-0.2, 0) is 4.79 Å². The van der Waals surface area contributed by atoms with Crippen molar-refractivity contribution in [2.45, 2.75) is 6.92 Å². The molecule has 0 aliphatic heterocycles. The van der Waals surface area contributed by atoms with Gasteiger partial charge in [-0.2, -0.15) is 0 Å². The fourth-order valence-corrected chi connectivity index (χ4v) is 1.69. The van der Waals surface area contributed by atoms with Gasteiger partial charge in [-0.25, -0.2) is 9.59 Å². The largest absolute Gasteiger partial charge is 0.489 e. The number of aryl methyl sites for hydroxylation is 1. The first kappa shape index (κ1) is 12.9. The van der Waals surface area contributed by atoms with Gasteiger partial charge in [-0.15, -0.1) is 0 Å². The summed E-state index contributed by atoms with van der Waals surface area (Å²) in [4.78, 5) is 21.5. The molecule has 0 radical (unpaired) electrons. The average Bonchev–Trinajstić information content (AvgIpc) is 2.33. The second-order valence-electron chi connectivity index (χ2n) is 3.96. The van der Waals surface area contributed by atoms with Crippen molar-refractivity contribution in [1.29, 1.82) is 0 Å². The normalized spacial score (nSPS) is 11.0. The number of hydrogen-bond acceptors (Lipinski definition) is 4. The van der Waals surface area contributed by atoms with E-state index in [4.69, 9.17) is 14.3 Å². The van der Waals surface area contributed by atoms with E-state index < -0.39 is 11.6 Å². The predicted molar refractivity (Wildman–Crippen MR) is 69.5 cm³/mol. The topological polar surface area (TPSA) is 76.7 Å². The summed E-state index contributed by atoms with van der Waals surface area (Å²) in [6, 6.07) is 6.57. The van der Waals surface area contributed by atoms with E-state index in [1.54, 1.807) is 18.2 Å². The smallest absolute Gasteiger partial charge is 0.336 e. The Morgan fingerprint density at radius 2 is 2.21 bits per heavy atom. The lowest BCUT2D eigenvalue weighted by Crippen LogP contribution is -1.99. The lowest BCUT2D eigenvalue weighted by molar-refractivity contribution is -0.131. The zero-order valence-electron chi connectivity index (χ0n) is 10.3. The highest BCUT2D eigenvalue weighted by Gasteiger charge is 2.03. The highest BCUT2D eigenvalue weighted by molar-refractivity contribution is 5.81. The number of benzene rings is 1. The third-order valence-electron chi connectivity index (χ3n) is 2.53. The number of rotatable bonds is 4. The molecule has 0 saturated carbocycles. The van der Waals surface area contributed by atoms with Gasteiger partial charge in [-0.1, -0.05) is 0 Å². The quantitative estimate of drug-likeness (QED) is 0.673. The van der Waals surface area contributed by atoms with Gasteiger partial charge in [0.1, 0.15) is 17.9 Å². The Kier molecular flexibility index (Phi) is 3.66. The molecule has 19 heavy (non-hydrogen) atoms. The molecule has 1 heterocycles. The number of fused-ring (bicyclic) bond motifs is 1. The molecule has 0 unspecified atom stereocenters. The summed E-state index contributed by atoms with van der Waals surface area (Å²) in [6.45, 7) is 1.96. The van der Waals surface area contributed by atoms with Crippen LogP contribution >= 0.6 is 0 Å². The molecular weight excluding hydrogens is 248 g/mol. The van der Waals surface area contributed by atoms with Gasteiger partial charge in [-0.3, -0.25) is 0 Å². The molecule has 0 atom stereocenters. The molecule has 1 N–H and O–H groups in total. The Balaban J connectivity index is 2.22. The van der Waals surface area contributed by atoms with E-state index in [0.29, 0.717) is 11.3 Å². The first-order chi connectivity index (χ1) is 9.06. The Hall–Kier alpha value is -2.56. The monoisotopic (exact) mass is 260 g/mol. The molecule has 0 bridgehead atoms. The van der Waals surface area contributed by atoms with E-state index in [9.17, 15) is 9.59 Å². The minimum atomic E-state index is -1.02. The molecule has 0 amide bonds. The summed E-state index contributed by atoms with van der Waals surface area (Å²) in [6.07, 6.45) is 2.39. The summed E-state index contributed by atoms with van der Waals surface area (Å²) in [5, 5.41) is 9.26. The molecule has 0 spiro atoms. The lowest BCUT2D eigenvalue weighted by atomic mass is 10.1. The minimum Gasteiger partial charge on any atom is -0.489 e. The third-order valence-corrected chi connectivity index (χ3v) is 2.53. The van der Waals surface area contributed by atoms with Crippen molar-refractivity contribution in [1.82, 2.24) is 0 Å². The number of carboxylic acids is 1. The van der Waals surface area contributed by atoms with Crippen LogP contribution in [-0.4, -0.2) is 17.7 Å². The second-order valence-corrected chi connectivity index (χ2v) is 3.96. The average molecular weight is 260 g/mol. The fraction of sp³-hybridized carbons (Fsp3) is 0.143. The Morgan fingerprint density at radius 1 is 1.42 bits per heavy atom. The number of ether oxygens (including phenoxy) is 1. The van der Waals surface area contributed by atoms with E-state index in [1.807, 2.05) is 6.92 Å². The molecule has 0 fully saturated rings. The van der Waals surface area contributed by atoms with Gasteiger partial charge >= 0.3 is 11.6 Å². The molecule has 5 nitrogen and oxygen atoms in total.